The molecule has 0 unspecified atom stereocenters. The van der Waals surface area contributed by atoms with Crippen LogP contribution in [-0.4, -0.2) is 26.2 Å². The first-order valence-corrected chi connectivity index (χ1v) is 8.12. The summed E-state index contributed by atoms with van der Waals surface area (Å²) in [5, 5.41) is 2.99. The van der Waals surface area contributed by atoms with Gasteiger partial charge in [0.25, 0.3) is 5.91 Å². The van der Waals surface area contributed by atoms with Crippen LogP contribution in [-0.2, 0) is 19.4 Å². The molecule has 0 saturated carbocycles. The molecule has 2 aromatic rings. The van der Waals surface area contributed by atoms with Crippen molar-refractivity contribution in [1.82, 2.24) is 5.32 Å². The fourth-order valence-corrected chi connectivity index (χ4v) is 3.37. The van der Waals surface area contributed by atoms with Crippen LogP contribution in [0.1, 0.15) is 27.0 Å². The summed E-state index contributed by atoms with van der Waals surface area (Å²) in [5.41, 5.74) is 3.88. The maximum absolute atomic E-state index is 12.5. The highest BCUT2D eigenvalue weighted by molar-refractivity contribution is 5.96. The molecule has 4 rings (SSSR count). The van der Waals surface area contributed by atoms with E-state index < -0.39 is 0 Å². The van der Waals surface area contributed by atoms with Crippen LogP contribution in [0.15, 0.2) is 30.3 Å². The Labute approximate surface area is 140 Å². The summed E-state index contributed by atoms with van der Waals surface area (Å²) in [6.07, 6.45) is 1.74. The Bertz CT molecular complexity index is 768. The molecule has 2 aromatic carbocycles. The van der Waals surface area contributed by atoms with Gasteiger partial charge < -0.3 is 19.5 Å². The maximum atomic E-state index is 12.5. The molecule has 5 nitrogen and oxygen atoms in total. The molecule has 1 amide bonds. The van der Waals surface area contributed by atoms with E-state index in [1.807, 2.05) is 12.1 Å². The first-order valence-electron chi connectivity index (χ1n) is 8.12. The fourth-order valence-electron chi connectivity index (χ4n) is 3.37. The van der Waals surface area contributed by atoms with Gasteiger partial charge in [-0.2, -0.15) is 0 Å². The quantitative estimate of drug-likeness (QED) is 0.938. The van der Waals surface area contributed by atoms with E-state index in [1.54, 1.807) is 19.2 Å². The molecule has 2 heterocycles. The van der Waals surface area contributed by atoms with Crippen molar-refractivity contribution in [3.8, 4) is 17.2 Å². The molecule has 0 fully saturated rings. The van der Waals surface area contributed by atoms with Crippen molar-refractivity contribution >= 4 is 5.91 Å². The van der Waals surface area contributed by atoms with Gasteiger partial charge in [0, 0.05) is 36.1 Å². The van der Waals surface area contributed by atoms with Gasteiger partial charge in [0.2, 0.25) is 0 Å². The Hall–Kier alpha value is -2.69. The van der Waals surface area contributed by atoms with Crippen molar-refractivity contribution in [2.24, 2.45) is 0 Å². The van der Waals surface area contributed by atoms with Gasteiger partial charge in [-0.05, 0) is 18.2 Å². The molecule has 0 aliphatic carbocycles. The van der Waals surface area contributed by atoms with Crippen LogP contribution >= 0.6 is 0 Å². The number of rotatable bonds is 4. The summed E-state index contributed by atoms with van der Waals surface area (Å²) in [4.78, 5) is 12.5. The van der Waals surface area contributed by atoms with Crippen LogP contribution in [0.2, 0.25) is 0 Å². The number of para-hydroxylation sites is 1. The predicted octanol–water partition coefficient (Wildman–Crippen LogP) is 2.50. The SMILES string of the molecule is COc1ccccc1C(=O)NCc1c2c(cc3c1OCC3)OCC2. The van der Waals surface area contributed by atoms with Gasteiger partial charge in [-0.15, -0.1) is 0 Å². The minimum atomic E-state index is -0.157. The molecule has 2 aliphatic heterocycles. The second-order valence-corrected chi connectivity index (χ2v) is 5.90. The molecule has 0 aromatic heterocycles. The molecule has 0 radical (unpaired) electrons. The number of amides is 1. The smallest absolute Gasteiger partial charge is 0.255 e. The minimum absolute atomic E-state index is 0.157. The molecule has 0 atom stereocenters. The lowest BCUT2D eigenvalue weighted by Crippen LogP contribution is -2.24. The second kappa shape index (κ2) is 6.07. The van der Waals surface area contributed by atoms with Crippen LogP contribution < -0.4 is 19.5 Å². The lowest BCUT2D eigenvalue weighted by Gasteiger charge is -2.14. The summed E-state index contributed by atoms with van der Waals surface area (Å²) in [5.74, 6) is 2.26. The monoisotopic (exact) mass is 325 g/mol. The van der Waals surface area contributed by atoms with E-state index in [0.29, 0.717) is 31.1 Å². The first-order chi connectivity index (χ1) is 11.8. The number of carbonyl (C=O) groups is 1. The molecule has 24 heavy (non-hydrogen) atoms. The van der Waals surface area contributed by atoms with Gasteiger partial charge in [-0.3, -0.25) is 4.79 Å². The molecule has 0 spiro atoms. The lowest BCUT2D eigenvalue weighted by molar-refractivity contribution is 0.0947. The van der Waals surface area contributed by atoms with E-state index >= 15 is 0 Å². The number of nitrogens with one attached hydrogen (secondary N) is 1. The zero-order valence-electron chi connectivity index (χ0n) is 13.6. The summed E-state index contributed by atoms with van der Waals surface area (Å²) < 4.78 is 16.8. The molecule has 1 N–H and O–H groups in total. The van der Waals surface area contributed by atoms with E-state index in [0.717, 1.165) is 41.0 Å². The van der Waals surface area contributed by atoms with E-state index in [1.165, 1.54) is 0 Å². The van der Waals surface area contributed by atoms with Gasteiger partial charge in [0.1, 0.15) is 17.2 Å². The third kappa shape index (κ3) is 2.46. The van der Waals surface area contributed by atoms with Crippen LogP contribution in [0.25, 0.3) is 0 Å². The number of fused-ring (bicyclic) bond motifs is 2. The zero-order chi connectivity index (χ0) is 16.5. The van der Waals surface area contributed by atoms with Gasteiger partial charge in [0.05, 0.1) is 25.9 Å². The number of benzene rings is 2. The van der Waals surface area contributed by atoms with E-state index in [2.05, 4.69) is 11.4 Å². The third-order valence-corrected chi connectivity index (χ3v) is 4.54. The predicted molar refractivity (Wildman–Crippen MR) is 89.0 cm³/mol. The second-order valence-electron chi connectivity index (χ2n) is 5.90. The summed E-state index contributed by atoms with van der Waals surface area (Å²) in [6.45, 7) is 1.79. The number of hydrogen-bond acceptors (Lipinski definition) is 4. The number of hydrogen-bond donors (Lipinski definition) is 1. The minimum Gasteiger partial charge on any atom is -0.496 e. The van der Waals surface area contributed by atoms with Gasteiger partial charge >= 0.3 is 0 Å². The van der Waals surface area contributed by atoms with Crippen molar-refractivity contribution in [2.75, 3.05) is 20.3 Å². The maximum Gasteiger partial charge on any atom is 0.255 e. The lowest BCUT2D eigenvalue weighted by atomic mass is 9.99. The average Bonchev–Trinajstić information content (AvgIpc) is 3.27. The average molecular weight is 325 g/mol. The normalized spacial score (nSPS) is 14.4. The first kappa shape index (κ1) is 14.9. The number of ether oxygens (including phenoxy) is 3. The summed E-state index contributed by atoms with van der Waals surface area (Å²) in [7, 11) is 1.56. The van der Waals surface area contributed by atoms with Crippen molar-refractivity contribution < 1.29 is 19.0 Å². The number of carbonyl (C=O) groups excluding carboxylic acids is 1. The van der Waals surface area contributed by atoms with Crippen LogP contribution in [0.4, 0.5) is 0 Å². The fraction of sp³-hybridized carbons (Fsp3) is 0.316. The zero-order valence-corrected chi connectivity index (χ0v) is 13.6. The third-order valence-electron chi connectivity index (χ3n) is 4.54. The van der Waals surface area contributed by atoms with Crippen LogP contribution in [0.5, 0.6) is 17.2 Å². The van der Waals surface area contributed by atoms with Gasteiger partial charge in [0.15, 0.2) is 0 Å². The van der Waals surface area contributed by atoms with Crippen molar-refractivity contribution in [1.29, 1.82) is 0 Å². The van der Waals surface area contributed by atoms with Crippen LogP contribution in [0.3, 0.4) is 0 Å². The van der Waals surface area contributed by atoms with Crippen molar-refractivity contribution in [3.05, 3.63) is 52.6 Å². The summed E-state index contributed by atoms with van der Waals surface area (Å²) >= 11 is 0. The highest BCUT2D eigenvalue weighted by Crippen LogP contribution is 2.40. The Morgan fingerprint density at radius 1 is 1.21 bits per heavy atom. The number of methoxy groups -OCH3 is 1. The topological polar surface area (TPSA) is 56.8 Å². The largest absolute Gasteiger partial charge is 0.496 e. The van der Waals surface area contributed by atoms with E-state index in [9.17, 15) is 4.79 Å². The van der Waals surface area contributed by atoms with Crippen molar-refractivity contribution in [3.63, 3.8) is 0 Å². The van der Waals surface area contributed by atoms with Crippen molar-refractivity contribution in [2.45, 2.75) is 19.4 Å². The molecule has 0 saturated heterocycles. The molecular formula is C19H19NO4. The molecule has 5 heteroatoms. The van der Waals surface area contributed by atoms with Gasteiger partial charge in [-0.25, -0.2) is 0 Å². The Kier molecular flexibility index (Phi) is 3.76. The van der Waals surface area contributed by atoms with E-state index in [4.69, 9.17) is 14.2 Å². The highest BCUT2D eigenvalue weighted by Gasteiger charge is 2.26. The Balaban J connectivity index is 1.60. The summed E-state index contributed by atoms with van der Waals surface area (Å²) in [6, 6.07) is 9.29. The van der Waals surface area contributed by atoms with Crippen LogP contribution in [0, 0.1) is 0 Å². The molecule has 124 valence electrons. The van der Waals surface area contributed by atoms with Gasteiger partial charge in [-0.1, -0.05) is 12.1 Å². The molecular weight excluding hydrogens is 306 g/mol. The standard InChI is InChI=1S/C19H19NO4/c1-22-16-5-3-2-4-14(16)19(21)20-11-15-13-7-9-23-17(13)10-12-6-8-24-18(12)15/h2-5,10H,6-9,11H2,1H3,(H,20,21). The van der Waals surface area contributed by atoms with E-state index in [-0.39, 0.29) is 5.91 Å². The highest BCUT2D eigenvalue weighted by atomic mass is 16.5. The molecule has 0 bridgehead atoms. The Morgan fingerprint density at radius 3 is 2.92 bits per heavy atom. The Morgan fingerprint density at radius 2 is 2.04 bits per heavy atom. The molecule has 2 aliphatic rings.